The molecule has 12 heavy (non-hydrogen) atoms. The van der Waals surface area contributed by atoms with E-state index in [9.17, 15) is 0 Å². The minimum Gasteiger partial charge on any atom is -0.382 e. The number of hydrogen-bond donors (Lipinski definition) is 3. The number of nitrogens with one attached hydrogen (secondary N) is 2. The summed E-state index contributed by atoms with van der Waals surface area (Å²) in [6.07, 6.45) is 1.75. The highest BCUT2D eigenvalue weighted by atomic mass is 15.2. The van der Waals surface area contributed by atoms with Gasteiger partial charge in [0.1, 0.15) is 5.82 Å². The maximum absolute atomic E-state index is 5.17. The van der Waals surface area contributed by atoms with Gasteiger partial charge in [-0.2, -0.15) is 0 Å². The Morgan fingerprint density at radius 3 is 2.58 bits per heavy atom. The van der Waals surface area contributed by atoms with E-state index >= 15 is 0 Å². The molecule has 4 heteroatoms. The summed E-state index contributed by atoms with van der Waals surface area (Å²) in [5.74, 6) is 5.84. The van der Waals surface area contributed by atoms with Gasteiger partial charge in [0.15, 0.2) is 0 Å². The van der Waals surface area contributed by atoms with Crippen LogP contribution in [0, 0.1) is 0 Å². The second-order valence-corrected chi connectivity index (χ2v) is 2.88. The molecule has 1 heterocycles. The fourth-order valence-electron chi connectivity index (χ4n) is 0.898. The molecule has 1 rings (SSSR count). The molecule has 0 aliphatic heterocycles. The first-order valence-electron chi connectivity index (χ1n) is 3.91. The number of nitrogens with two attached hydrogens (primary N) is 1. The fraction of sp³-hybridized carbons (Fsp3) is 0.375. The highest BCUT2D eigenvalue weighted by Gasteiger charge is 1.95. The molecule has 0 atom stereocenters. The molecule has 1 aromatic heterocycles. The zero-order valence-electron chi connectivity index (χ0n) is 7.33. The van der Waals surface area contributed by atoms with Gasteiger partial charge >= 0.3 is 0 Å². The van der Waals surface area contributed by atoms with Gasteiger partial charge in [-0.05, 0) is 26.0 Å². The van der Waals surface area contributed by atoms with Crippen LogP contribution in [0.5, 0.6) is 0 Å². The molecule has 0 radical (unpaired) electrons. The molecule has 0 spiro atoms. The Hall–Kier alpha value is -1.29. The van der Waals surface area contributed by atoms with Crippen LogP contribution in [0.4, 0.5) is 11.5 Å². The molecule has 0 saturated heterocycles. The molecule has 4 nitrogen and oxygen atoms in total. The quantitative estimate of drug-likeness (QED) is 0.466. The first-order valence-corrected chi connectivity index (χ1v) is 3.91. The van der Waals surface area contributed by atoms with Crippen LogP contribution in [0.1, 0.15) is 13.8 Å². The summed E-state index contributed by atoms with van der Waals surface area (Å²) in [5.41, 5.74) is 3.47. The topological polar surface area (TPSA) is 63.0 Å². The Balaban J connectivity index is 2.65. The first-order chi connectivity index (χ1) is 5.72. The lowest BCUT2D eigenvalue weighted by molar-refractivity contribution is 0.898. The van der Waals surface area contributed by atoms with Gasteiger partial charge in [-0.25, -0.2) is 10.8 Å². The van der Waals surface area contributed by atoms with E-state index in [4.69, 9.17) is 5.84 Å². The second kappa shape index (κ2) is 3.92. The van der Waals surface area contributed by atoms with Crippen molar-refractivity contribution in [3.05, 3.63) is 18.3 Å². The number of nitrogens with zero attached hydrogens (tertiary/aromatic N) is 1. The lowest BCUT2D eigenvalue weighted by Crippen LogP contribution is -2.11. The summed E-state index contributed by atoms with van der Waals surface area (Å²) in [5, 5.41) is 3.22. The monoisotopic (exact) mass is 166 g/mol. The molecular weight excluding hydrogens is 152 g/mol. The van der Waals surface area contributed by atoms with Gasteiger partial charge in [0.2, 0.25) is 0 Å². The predicted molar refractivity (Wildman–Crippen MR) is 50.8 cm³/mol. The molecule has 0 aliphatic rings. The lowest BCUT2D eigenvalue weighted by atomic mass is 10.3. The molecule has 0 fully saturated rings. The van der Waals surface area contributed by atoms with E-state index in [1.165, 1.54) is 0 Å². The van der Waals surface area contributed by atoms with Crippen molar-refractivity contribution < 1.29 is 0 Å². The summed E-state index contributed by atoms with van der Waals surface area (Å²) in [6.45, 7) is 4.16. The highest BCUT2D eigenvalue weighted by molar-refractivity contribution is 5.46. The third kappa shape index (κ3) is 2.39. The average Bonchev–Trinajstić information content (AvgIpc) is 2.05. The standard InChI is InChI=1S/C8H14N4/c1-6(2)11-7-3-4-8(12-9)10-5-7/h3-6,11H,9H2,1-2H3,(H,10,12). The van der Waals surface area contributed by atoms with Crippen LogP contribution in [0.2, 0.25) is 0 Å². The number of aromatic nitrogens is 1. The number of rotatable bonds is 3. The van der Waals surface area contributed by atoms with Gasteiger partial charge < -0.3 is 10.7 Å². The predicted octanol–water partition coefficient (Wildman–Crippen LogP) is 1.19. The maximum atomic E-state index is 5.17. The van der Waals surface area contributed by atoms with Gasteiger partial charge in [-0.15, -0.1) is 0 Å². The van der Waals surface area contributed by atoms with Crippen LogP contribution in [0.15, 0.2) is 18.3 Å². The van der Waals surface area contributed by atoms with E-state index in [1.54, 1.807) is 6.20 Å². The van der Waals surface area contributed by atoms with Crippen molar-refractivity contribution in [2.75, 3.05) is 10.7 Å². The van der Waals surface area contributed by atoms with Crippen molar-refractivity contribution in [3.8, 4) is 0 Å². The van der Waals surface area contributed by atoms with E-state index in [1.807, 2.05) is 12.1 Å². The Bertz CT molecular complexity index is 229. The van der Waals surface area contributed by atoms with Crippen molar-refractivity contribution in [3.63, 3.8) is 0 Å². The molecule has 0 saturated carbocycles. The first kappa shape index (κ1) is 8.80. The zero-order chi connectivity index (χ0) is 8.97. The summed E-state index contributed by atoms with van der Waals surface area (Å²) < 4.78 is 0. The smallest absolute Gasteiger partial charge is 0.140 e. The molecule has 66 valence electrons. The number of nitrogen functional groups attached to an aromatic ring is 1. The van der Waals surface area contributed by atoms with Crippen LogP contribution < -0.4 is 16.6 Å². The molecule has 4 N–H and O–H groups in total. The average molecular weight is 166 g/mol. The van der Waals surface area contributed by atoms with Crippen LogP contribution in [-0.2, 0) is 0 Å². The highest BCUT2D eigenvalue weighted by Crippen LogP contribution is 2.09. The van der Waals surface area contributed by atoms with Crippen molar-refractivity contribution in [1.82, 2.24) is 4.98 Å². The summed E-state index contributed by atoms with van der Waals surface area (Å²) in [7, 11) is 0. The number of anilines is 2. The fourth-order valence-corrected chi connectivity index (χ4v) is 0.898. The summed E-state index contributed by atoms with van der Waals surface area (Å²) >= 11 is 0. The van der Waals surface area contributed by atoms with Gasteiger partial charge in [0.05, 0.1) is 11.9 Å². The second-order valence-electron chi connectivity index (χ2n) is 2.88. The number of pyridine rings is 1. The molecule has 0 unspecified atom stereocenters. The Morgan fingerprint density at radius 2 is 2.17 bits per heavy atom. The van der Waals surface area contributed by atoms with E-state index in [-0.39, 0.29) is 0 Å². The van der Waals surface area contributed by atoms with Crippen molar-refractivity contribution in [2.24, 2.45) is 5.84 Å². The Morgan fingerprint density at radius 1 is 1.42 bits per heavy atom. The van der Waals surface area contributed by atoms with Crippen molar-refractivity contribution in [2.45, 2.75) is 19.9 Å². The normalized spacial score (nSPS) is 10.0. The SMILES string of the molecule is CC(C)Nc1ccc(NN)nc1. The number of hydrazine groups is 1. The van der Waals surface area contributed by atoms with Crippen LogP contribution in [0.3, 0.4) is 0 Å². The minimum atomic E-state index is 0.420. The third-order valence-corrected chi connectivity index (χ3v) is 1.37. The number of hydrogen-bond acceptors (Lipinski definition) is 4. The van der Waals surface area contributed by atoms with Crippen LogP contribution in [0.25, 0.3) is 0 Å². The molecule has 1 aromatic rings. The summed E-state index contributed by atoms with van der Waals surface area (Å²) in [4.78, 5) is 4.05. The Labute approximate surface area is 72.2 Å². The van der Waals surface area contributed by atoms with E-state index in [2.05, 4.69) is 29.6 Å². The van der Waals surface area contributed by atoms with Crippen molar-refractivity contribution >= 4 is 11.5 Å². The van der Waals surface area contributed by atoms with Gasteiger partial charge in [-0.3, -0.25) is 0 Å². The largest absolute Gasteiger partial charge is 0.382 e. The van der Waals surface area contributed by atoms with E-state index in [0.29, 0.717) is 11.9 Å². The minimum absolute atomic E-state index is 0.420. The zero-order valence-corrected chi connectivity index (χ0v) is 7.33. The summed E-state index contributed by atoms with van der Waals surface area (Å²) in [6, 6.07) is 4.18. The lowest BCUT2D eigenvalue weighted by Gasteiger charge is -2.09. The van der Waals surface area contributed by atoms with E-state index < -0.39 is 0 Å². The molecular formula is C8H14N4. The molecule has 0 amide bonds. The third-order valence-electron chi connectivity index (χ3n) is 1.37. The van der Waals surface area contributed by atoms with E-state index in [0.717, 1.165) is 5.69 Å². The molecule has 0 aliphatic carbocycles. The van der Waals surface area contributed by atoms with Gasteiger partial charge in [-0.1, -0.05) is 0 Å². The van der Waals surface area contributed by atoms with Crippen LogP contribution in [-0.4, -0.2) is 11.0 Å². The maximum Gasteiger partial charge on any atom is 0.140 e. The molecule has 0 bridgehead atoms. The van der Waals surface area contributed by atoms with Crippen LogP contribution >= 0.6 is 0 Å². The Kier molecular flexibility index (Phi) is 2.88. The molecule has 0 aromatic carbocycles. The van der Waals surface area contributed by atoms with Crippen molar-refractivity contribution in [1.29, 1.82) is 0 Å². The van der Waals surface area contributed by atoms with Gasteiger partial charge in [0, 0.05) is 6.04 Å². The van der Waals surface area contributed by atoms with Gasteiger partial charge in [0.25, 0.3) is 0 Å².